The van der Waals surface area contributed by atoms with Gasteiger partial charge in [0.05, 0.1) is 6.10 Å². The molecule has 2 aromatic carbocycles. The Morgan fingerprint density at radius 3 is 2.54 bits per heavy atom. The molecule has 2 amide bonds. The second-order valence-corrected chi connectivity index (χ2v) is 5.54. The summed E-state index contributed by atoms with van der Waals surface area (Å²) in [5.74, 6) is 0. The summed E-state index contributed by atoms with van der Waals surface area (Å²) in [7, 11) is 0. The van der Waals surface area contributed by atoms with Crippen LogP contribution in [0, 0.1) is 0 Å². The molecule has 0 unspecified atom stereocenters. The highest BCUT2D eigenvalue weighted by Crippen LogP contribution is 2.19. The van der Waals surface area contributed by atoms with Crippen LogP contribution in [-0.2, 0) is 6.54 Å². The summed E-state index contributed by atoms with van der Waals surface area (Å²) >= 11 is 0. The van der Waals surface area contributed by atoms with E-state index in [1.54, 1.807) is 12.4 Å². The van der Waals surface area contributed by atoms with E-state index in [-0.39, 0.29) is 12.6 Å². The van der Waals surface area contributed by atoms with Crippen LogP contribution in [0.4, 0.5) is 4.79 Å². The first kappa shape index (κ1) is 16.0. The van der Waals surface area contributed by atoms with Gasteiger partial charge in [-0.1, -0.05) is 36.4 Å². The molecule has 0 saturated heterocycles. The molecule has 3 aromatic rings. The Hall–Kier alpha value is -2.92. The number of urea groups is 1. The number of amides is 2. The fraction of sp³-hybridized carbons (Fsp3) is 0.158. The number of aliphatic hydroxyl groups is 1. The standard InChI is InChI=1S/C19H19N3O2/c23-18(17-6-5-15-3-1-2-4-16(15)11-17)13-22-19(24)21-12-14-7-9-20-10-8-14/h1-11,18,23H,12-13H2,(H2,21,22,24)/t18-/m0/s1. The van der Waals surface area contributed by atoms with Crippen LogP contribution >= 0.6 is 0 Å². The fourth-order valence-electron chi connectivity index (χ4n) is 2.47. The molecule has 0 aliphatic heterocycles. The summed E-state index contributed by atoms with van der Waals surface area (Å²) in [4.78, 5) is 15.7. The van der Waals surface area contributed by atoms with Crippen molar-refractivity contribution < 1.29 is 9.90 Å². The predicted octanol–water partition coefficient (Wildman–Crippen LogP) is 2.77. The van der Waals surface area contributed by atoms with Gasteiger partial charge in [0.15, 0.2) is 0 Å². The van der Waals surface area contributed by atoms with E-state index in [0.717, 1.165) is 21.9 Å². The van der Waals surface area contributed by atoms with Crippen molar-refractivity contribution in [2.24, 2.45) is 0 Å². The Morgan fingerprint density at radius 1 is 1.00 bits per heavy atom. The molecule has 1 aromatic heterocycles. The van der Waals surface area contributed by atoms with Crippen molar-refractivity contribution >= 4 is 16.8 Å². The van der Waals surface area contributed by atoms with Crippen LogP contribution in [0.25, 0.3) is 10.8 Å². The van der Waals surface area contributed by atoms with Crippen molar-refractivity contribution in [1.29, 1.82) is 0 Å². The van der Waals surface area contributed by atoms with Gasteiger partial charge in [-0.15, -0.1) is 0 Å². The largest absolute Gasteiger partial charge is 0.387 e. The molecule has 0 bridgehead atoms. The lowest BCUT2D eigenvalue weighted by Crippen LogP contribution is -2.37. The van der Waals surface area contributed by atoms with E-state index < -0.39 is 6.10 Å². The van der Waals surface area contributed by atoms with Crippen LogP contribution in [0.2, 0.25) is 0 Å². The second-order valence-electron chi connectivity index (χ2n) is 5.54. The number of nitrogens with one attached hydrogen (secondary N) is 2. The topological polar surface area (TPSA) is 74.2 Å². The average Bonchev–Trinajstić information content (AvgIpc) is 2.65. The van der Waals surface area contributed by atoms with Gasteiger partial charge in [0.25, 0.3) is 0 Å². The molecule has 5 heteroatoms. The van der Waals surface area contributed by atoms with Crippen molar-refractivity contribution in [1.82, 2.24) is 15.6 Å². The first-order valence-corrected chi connectivity index (χ1v) is 7.80. The summed E-state index contributed by atoms with van der Waals surface area (Å²) in [6.07, 6.45) is 2.61. The van der Waals surface area contributed by atoms with Crippen molar-refractivity contribution in [3.8, 4) is 0 Å². The summed E-state index contributed by atoms with van der Waals surface area (Å²) in [5, 5.41) is 17.9. The van der Waals surface area contributed by atoms with Crippen LogP contribution in [-0.4, -0.2) is 22.7 Å². The van der Waals surface area contributed by atoms with E-state index in [1.165, 1.54) is 0 Å². The number of hydrogen-bond acceptors (Lipinski definition) is 3. The summed E-state index contributed by atoms with van der Waals surface area (Å²) < 4.78 is 0. The minimum Gasteiger partial charge on any atom is -0.387 e. The molecule has 24 heavy (non-hydrogen) atoms. The van der Waals surface area contributed by atoms with Gasteiger partial charge >= 0.3 is 6.03 Å². The second kappa shape index (κ2) is 7.57. The molecule has 0 spiro atoms. The Bertz CT molecular complexity index is 821. The number of fused-ring (bicyclic) bond motifs is 1. The van der Waals surface area contributed by atoms with Gasteiger partial charge in [-0.2, -0.15) is 0 Å². The SMILES string of the molecule is O=C(NCc1ccncc1)NC[C@H](O)c1ccc2ccccc2c1. The lowest BCUT2D eigenvalue weighted by molar-refractivity contribution is 0.173. The maximum atomic E-state index is 11.8. The van der Waals surface area contributed by atoms with Gasteiger partial charge in [0.2, 0.25) is 0 Å². The molecule has 0 saturated carbocycles. The van der Waals surface area contributed by atoms with Gasteiger partial charge in [0, 0.05) is 25.5 Å². The molecule has 0 radical (unpaired) electrons. The maximum Gasteiger partial charge on any atom is 0.315 e. The van der Waals surface area contributed by atoms with Crippen molar-refractivity contribution in [2.75, 3.05) is 6.54 Å². The van der Waals surface area contributed by atoms with Gasteiger partial charge < -0.3 is 15.7 Å². The first-order valence-electron chi connectivity index (χ1n) is 7.80. The third kappa shape index (κ3) is 4.08. The maximum absolute atomic E-state index is 11.8. The van der Waals surface area contributed by atoms with Crippen LogP contribution in [0.5, 0.6) is 0 Å². The van der Waals surface area contributed by atoms with Crippen LogP contribution < -0.4 is 10.6 Å². The van der Waals surface area contributed by atoms with Gasteiger partial charge in [-0.3, -0.25) is 4.98 Å². The number of carbonyl (C=O) groups is 1. The number of nitrogens with zero attached hydrogens (tertiary/aromatic N) is 1. The van der Waals surface area contributed by atoms with Crippen LogP contribution in [0.1, 0.15) is 17.2 Å². The number of benzene rings is 2. The minimum absolute atomic E-state index is 0.153. The summed E-state index contributed by atoms with van der Waals surface area (Å²) in [6.45, 7) is 0.570. The normalized spacial score (nSPS) is 11.9. The number of hydrogen-bond donors (Lipinski definition) is 3. The number of pyridine rings is 1. The van der Waals surface area contributed by atoms with Crippen LogP contribution in [0.15, 0.2) is 67.0 Å². The highest BCUT2D eigenvalue weighted by atomic mass is 16.3. The molecule has 1 heterocycles. The lowest BCUT2D eigenvalue weighted by Gasteiger charge is -2.14. The average molecular weight is 321 g/mol. The zero-order valence-electron chi connectivity index (χ0n) is 13.1. The Labute approximate surface area is 140 Å². The highest BCUT2D eigenvalue weighted by molar-refractivity contribution is 5.83. The van der Waals surface area contributed by atoms with E-state index in [4.69, 9.17) is 0 Å². The first-order chi connectivity index (χ1) is 11.7. The van der Waals surface area contributed by atoms with Crippen molar-refractivity contribution in [3.05, 3.63) is 78.1 Å². The smallest absolute Gasteiger partial charge is 0.315 e. The molecule has 0 aliphatic carbocycles. The number of aliphatic hydroxyl groups excluding tert-OH is 1. The van der Waals surface area contributed by atoms with E-state index in [0.29, 0.717) is 6.54 Å². The van der Waals surface area contributed by atoms with E-state index in [1.807, 2.05) is 54.6 Å². The molecular formula is C19H19N3O2. The number of aromatic nitrogens is 1. The van der Waals surface area contributed by atoms with E-state index in [2.05, 4.69) is 15.6 Å². The minimum atomic E-state index is -0.749. The summed E-state index contributed by atoms with van der Waals surface area (Å²) in [5.41, 5.74) is 1.75. The predicted molar refractivity (Wildman–Crippen MR) is 93.4 cm³/mol. The summed E-state index contributed by atoms with van der Waals surface area (Å²) in [6, 6.07) is 17.1. The Balaban J connectivity index is 1.52. The molecule has 0 aliphatic rings. The van der Waals surface area contributed by atoms with Crippen molar-refractivity contribution in [3.63, 3.8) is 0 Å². The Kier molecular flexibility index (Phi) is 5.03. The molecule has 3 N–H and O–H groups in total. The number of rotatable bonds is 5. The molecule has 3 rings (SSSR count). The quantitative estimate of drug-likeness (QED) is 0.676. The van der Waals surface area contributed by atoms with Gasteiger partial charge in [0.1, 0.15) is 0 Å². The molecule has 0 fully saturated rings. The van der Waals surface area contributed by atoms with E-state index in [9.17, 15) is 9.90 Å². The Morgan fingerprint density at radius 2 is 1.75 bits per heavy atom. The number of carbonyl (C=O) groups excluding carboxylic acids is 1. The van der Waals surface area contributed by atoms with Crippen molar-refractivity contribution in [2.45, 2.75) is 12.6 Å². The zero-order chi connectivity index (χ0) is 16.8. The molecule has 122 valence electrons. The molecular weight excluding hydrogens is 302 g/mol. The monoisotopic (exact) mass is 321 g/mol. The highest BCUT2D eigenvalue weighted by Gasteiger charge is 2.10. The molecule has 5 nitrogen and oxygen atoms in total. The molecule has 1 atom stereocenters. The third-order valence-corrected chi connectivity index (χ3v) is 3.82. The lowest BCUT2D eigenvalue weighted by atomic mass is 10.0. The van der Waals surface area contributed by atoms with Gasteiger partial charge in [-0.25, -0.2) is 4.79 Å². The fourth-order valence-corrected chi connectivity index (χ4v) is 2.47. The third-order valence-electron chi connectivity index (χ3n) is 3.82. The van der Waals surface area contributed by atoms with E-state index >= 15 is 0 Å². The van der Waals surface area contributed by atoms with Gasteiger partial charge in [-0.05, 0) is 40.1 Å². The van der Waals surface area contributed by atoms with Crippen LogP contribution in [0.3, 0.4) is 0 Å². The zero-order valence-corrected chi connectivity index (χ0v) is 13.1.